The maximum atomic E-state index is 12.7. The number of alkyl halides is 1. The number of halogens is 1. The third-order valence-electron chi connectivity index (χ3n) is 4.30. The minimum atomic E-state index is -0.539. The van der Waals surface area contributed by atoms with Gasteiger partial charge in [-0.25, -0.2) is 4.79 Å². The number of methoxy groups -OCH3 is 1. The Balaban J connectivity index is 1.71. The van der Waals surface area contributed by atoms with Crippen molar-refractivity contribution in [3.05, 3.63) is 41.1 Å². The number of benzene rings is 1. The van der Waals surface area contributed by atoms with Crippen molar-refractivity contribution in [2.24, 2.45) is 0 Å². The summed E-state index contributed by atoms with van der Waals surface area (Å²) in [5, 5.41) is -0.213. The quantitative estimate of drug-likeness (QED) is 0.390. The molecule has 8 heteroatoms. The molecule has 0 saturated carbocycles. The Kier molecular flexibility index (Phi) is 6.34. The van der Waals surface area contributed by atoms with Crippen LogP contribution in [0.15, 0.2) is 35.5 Å². The summed E-state index contributed by atoms with van der Waals surface area (Å²) in [6.07, 6.45) is -0.596. The molecule has 1 aromatic carbocycles. The van der Waals surface area contributed by atoms with E-state index in [1.807, 2.05) is 26.0 Å². The lowest BCUT2D eigenvalue weighted by Crippen LogP contribution is -2.66. The molecule has 3 rings (SSSR count). The lowest BCUT2D eigenvalue weighted by Gasteiger charge is -2.49. The Hall–Kier alpha value is -1.70. The summed E-state index contributed by atoms with van der Waals surface area (Å²) in [7, 11) is 1.59. The summed E-state index contributed by atoms with van der Waals surface area (Å²) in [5.74, 6) is 0.712. The van der Waals surface area contributed by atoms with Gasteiger partial charge in [0.15, 0.2) is 6.10 Å². The van der Waals surface area contributed by atoms with Crippen molar-refractivity contribution < 1.29 is 23.8 Å². The first-order valence-corrected chi connectivity index (χ1v) is 10.2. The number of amides is 1. The average molecular weight is 412 g/mol. The van der Waals surface area contributed by atoms with Gasteiger partial charge in [-0.3, -0.25) is 9.69 Å². The van der Waals surface area contributed by atoms with Gasteiger partial charge < -0.3 is 14.2 Å². The second kappa shape index (κ2) is 8.54. The number of carbonyl (C=O) groups is 2. The van der Waals surface area contributed by atoms with Crippen molar-refractivity contribution in [3.63, 3.8) is 0 Å². The van der Waals surface area contributed by atoms with Crippen molar-refractivity contribution in [2.45, 2.75) is 38.0 Å². The van der Waals surface area contributed by atoms with Gasteiger partial charge >= 0.3 is 5.97 Å². The number of ether oxygens (including phenoxy) is 3. The van der Waals surface area contributed by atoms with E-state index in [0.29, 0.717) is 11.3 Å². The molecule has 2 atom stereocenters. The number of hydrogen-bond acceptors (Lipinski definition) is 6. The van der Waals surface area contributed by atoms with Crippen molar-refractivity contribution in [2.75, 3.05) is 18.7 Å². The summed E-state index contributed by atoms with van der Waals surface area (Å²) < 4.78 is 16.2. The molecule has 2 aliphatic heterocycles. The molecule has 2 heterocycles. The Labute approximate surface area is 167 Å². The molecule has 0 unspecified atom stereocenters. The number of rotatable bonds is 7. The molecule has 0 radical (unpaired) electrons. The van der Waals surface area contributed by atoms with Crippen LogP contribution in [0, 0.1) is 0 Å². The fraction of sp³-hybridized carbons (Fsp3) is 0.474. The van der Waals surface area contributed by atoms with Crippen molar-refractivity contribution >= 4 is 35.2 Å². The molecular weight excluding hydrogens is 390 g/mol. The SMILES string of the molecule is COc1ccc(COC(=O)C2=C(CCl)CS[C@@H]3[C@@H](OC(C)C)C(=O)N23)cc1. The summed E-state index contributed by atoms with van der Waals surface area (Å²) in [6, 6.07) is 7.24. The molecule has 2 aliphatic rings. The van der Waals surface area contributed by atoms with E-state index in [1.54, 1.807) is 31.0 Å². The normalized spacial score (nSPS) is 21.8. The van der Waals surface area contributed by atoms with Gasteiger partial charge in [-0.1, -0.05) is 12.1 Å². The van der Waals surface area contributed by atoms with E-state index in [1.165, 1.54) is 4.90 Å². The highest BCUT2D eigenvalue weighted by Gasteiger charge is 2.54. The Morgan fingerprint density at radius 2 is 2.04 bits per heavy atom. The largest absolute Gasteiger partial charge is 0.497 e. The van der Waals surface area contributed by atoms with Crippen LogP contribution in [-0.4, -0.2) is 53.1 Å². The van der Waals surface area contributed by atoms with Gasteiger partial charge in [0.1, 0.15) is 23.4 Å². The zero-order valence-electron chi connectivity index (χ0n) is 15.4. The predicted octanol–water partition coefficient (Wildman–Crippen LogP) is 2.94. The highest BCUT2D eigenvalue weighted by Crippen LogP contribution is 2.42. The monoisotopic (exact) mass is 411 g/mol. The molecule has 1 saturated heterocycles. The molecule has 0 spiro atoms. The third kappa shape index (κ3) is 4.10. The van der Waals surface area contributed by atoms with Gasteiger partial charge in [0.2, 0.25) is 0 Å². The van der Waals surface area contributed by atoms with E-state index in [9.17, 15) is 9.59 Å². The second-order valence-electron chi connectivity index (χ2n) is 6.53. The van der Waals surface area contributed by atoms with Crippen LogP contribution in [0.3, 0.4) is 0 Å². The maximum Gasteiger partial charge on any atom is 0.355 e. The molecule has 0 bridgehead atoms. The number of thioether (sulfide) groups is 1. The standard InChI is InChI=1S/C19H22ClNO5S/c1-11(2)26-16-17(22)21-15(13(8-20)10-27-18(16)21)19(23)25-9-12-4-6-14(24-3)7-5-12/h4-7,11,16,18H,8-10H2,1-3H3/t16-,18+/m0/s1. The van der Waals surface area contributed by atoms with Crippen molar-refractivity contribution in [3.8, 4) is 5.75 Å². The van der Waals surface area contributed by atoms with Crippen LogP contribution < -0.4 is 4.74 Å². The molecule has 0 aromatic heterocycles. The number of carbonyl (C=O) groups excluding carboxylic acids is 2. The zero-order valence-corrected chi connectivity index (χ0v) is 17.0. The van der Waals surface area contributed by atoms with E-state index in [-0.39, 0.29) is 35.6 Å². The number of fused-ring (bicyclic) bond motifs is 1. The molecule has 0 aliphatic carbocycles. The van der Waals surface area contributed by atoms with E-state index in [2.05, 4.69) is 0 Å². The first-order chi connectivity index (χ1) is 13.0. The second-order valence-corrected chi connectivity index (χ2v) is 7.90. The Bertz CT molecular complexity index is 749. The number of esters is 1. The minimum Gasteiger partial charge on any atom is -0.497 e. The first kappa shape index (κ1) is 20.0. The summed E-state index contributed by atoms with van der Waals surface area (Å²) in [6.45, 7) is 3.87. The predicted molar refractivity (Wildman–Crippen MR) is 104 cm³/mol. The van der Waals surface area contributed by atoms with Crippen LogP contribution in [0.2, 0.25) is 0 Å². The average Bonchev–Trinajstić information content (AvgIpc) is 2.69. The molecule has 0 N–H and O–H groups in total. The topological polar surface area (TPSA) is 65.1 Å². The Morgan fingerprint density at radius 3 is 2.63 bits per heavy atom. The molecule has 6 nitrogen and oxygen atoms in total. The lowest BCUT2D eigenvalue weighted by atomic mass is 10.1. The number of β-lactam (4-membered cyclic amide) rings is 1. The van der Waals surface area contributed by atoms with Gasteiger partial charge in [0.05, 0.1) is 13.2 Å². The van der Waals surface area contributed by atoms with Crippen LogP contribution >= 0.6 is 23.4 Å². The van der Waals surface area contributed by atoms with Crippen molar-refractivity contribution in [1.29, 1.82) is 0 Å². The van der Waals surface area contributed by atoms with Crippen LogP contribution in [0.4, 0.5) is 0 Å². The van der Waals surface area contributed by atoms with Gasteiger partial charge in [0.25, 0.3) is 5.91 Å². The van der Waals surface area contributed by atoms with Crippen LogP contribution in [-0.2, 0) is 25.7 Å². The molecule has 1 amide bonds. The van der Waals surface area contributed by atoms with E-state index in [4.69, 9.17) is 25.8 Å². The summed E-state index contributed by atoms with van der Waals surface area (Å²) in [5.41, 5.74) is 1.79. The van der Waals surface area contributed by atoms with Gasteiger partial charge in [-0.05, 0) is 37.1 Å². The first-order valence-electron chi connectivity index (χ1n) is 8.64. The van der Waals surface area contributed by atoms with E-state index < -0.39 is 12.1 Å². The van der Waals surface area contributed by atoms with Gasteiger partial charge in [-0.2, -0.15) is 0 Å². The number of nitrogens with zero attached hydrogens (tertiary/aromatic N) is 1. The zero-order chi connectivity index (χ0) is 19.6. The fourth-order valence-electron chi connectivity index (χ4n) is 2.96. The highest BCUT2D eigenvalue weighted by molar-refractivity contribution is 8.00. The molecule has 1 aromatic rings. The highest BCUT2D eigenvalue weighted by atomic mass is 35.5. The third-order valence-corrected chi connectivity index (χ3v) is 5.94. The fourth-order valence-corrected chi connectivity index (χ4v) is 4.62. The van der Waals surface area contributed by atoms with Crippen LogP contribution in [0.1, 0.15) is 19.4 Å². The maximum absolute atomic E-state index is 12.7. The smallest absolute Gasteiger partial charge is 0.355 e. The van der Waals surface area contributed by atoms with Crippen LogP contribution in [0.5, 0.6) is 5.75 Å². The van der Waals surface area contributed by atoms with Crippen LogP contribution in [0.25, 0.3) is 0 Å². The lowest BCUT2D eigenvalue weighted by molar-refractivity contribution is -0.170. The summed E-state index contributed by atoms with van der Waals surface area (Å²) >= 11 is 7.57. The number of hydrogen-bond donors (Lipinski definition) is 0. The van der Waals surface area contributed by atoms with E-state index >= 15 is 0 Å². The molecular formula is C19H22ClNO5S. The van der Waals surface area contributed by atoms with Gasteiger partial charge in [0, 0.05) is 11.6 Å². The Morgan fingerprint density at radius 1 is 1.33 bits per heavy atom. The molecule has 27 heavy (non-hydrogen) atoms. The molecule has 146 valence electrons. The molecule has 1 fully saturated rings. The van der Waals surface area contributed by atoms with E-state index in [0.717, 1.165) is 11.3 Å². The minimum absolute atomic E-state index is 0.0643. The summed E-state index contributed by atoms with van der Waals surface area (Å²) in [4.78, 5) is 26.7. The van der Waals surface area contributed by atoms with Gasteiger partial charge in [-0.15, -0.1) is 23.4 Å². The van der Waals surface area contributed by atoms with Crippen molar-refractivity contribution in [1.82, 2.24) is 4.90 Å².